The van der Waals surface area contributed by atoms with Gasteiger partial charge in [-0.3, -0.25) is 0 Å². The molecule has 1 atom stereocenters. The molecule has 0 heterocycles. The Morgan fingerprint density at radius 1 is 1.27 bits per heavy atom. The van der Waals surface area contributed by atoms with E-state index in [2.05, 4.69) is 12.2 Å². The van der Waals surface area contributed by atoms with E-state index in [1.54, 1.807) is 7.11 Å². The van der Waals surface area contributed by atoms with E-state index < -0.39 is 0 Å². The average molecular weight is 159 g/mol. The summed E-state index contributed by atoms with van der Waals surface area (Å²) in [5, 5.41) is 3.22. The summed E-state index contributed by atoms with van der Waals surface area (Å²) in [5.41, 5.74) is 0. The summed E-state index contributed by atoms with van der Waals surface area (Å²) >= 11 is 0. The Labute approximate surface area is 70.3 Å². The molecule has 2 nitrogen and oxygen atoms in total. The molecule has 1 unspecified atom stereocenters. The van der Waals surface area contributed by atoms with Gasteiger partial charge in [-0.05, 0) is 26.8 Å². The van der Waals surface area contributed by atoms with Crippen molar-refractivity contribution in [1.29, 1.82) is 0 Å². The lowest BCUT2D eigenvalue weighted by atomic mass is 10.1. The molecule has 0 rings (SSSR count). The standard InChI is InChI=1S/C9H21NO/c1-9(10-2)7-5-4-6-8-11-3/h9-10H,4-8H2,1-3H3. The molecule has 0 saturated carbocycles. The van der Waals surface area contributed by atoms with Crippen molar-refractivity contribution in [2.45, 2.75) is 38.6 Å². The lowest BCUT2D eigenvalue weighted by molar-refractivity contribution is 0.191. The van der Waals surface area contributed by atoms with Crippen LogP contribution >= 0.6 is 0 Å². The largest absolute Gasteiger partial charge is 0.385 e. The van der Waals surface area contributed by atoms with Crippen LogP contribution in [0.15, 0.2) is 0 Å². The highest BCUT2D eigenvalue weighted by atomic mass is 16.5. The maximum atomic E-state index is 4.96. The lowest BCUT2D eigenvalue weighted by Gasteiger charge is -2.08. The van der Waals surface area contributed by atoms with E-state index in [0.717, 1.165) is 6.61 Å². The summed E-state index contributed by atoms with van der Waals surface area (Å²) in [5.74, 6) is 0. The zero-order valence-electron chi connectivity index (χ0n) is 8.02. The second-order valence-corrected chi connectivity index (χ2v) is 3.03. The van der Waals surface area contributed by atoms with Gasteiger partial charge >= 0.3 is 0 Å². The van der Waals surface area contributed by atoms with Gasteiger partial charge in [-0.2, -0.15) is 0 Å². The Morgan fingerprint density at radius 2 is 2.00 bits per heavy atom. The van der Waals surface area contributed by atoms with Crippen LogP contribution in [0.2, 0.25) is 0 Å². The molecule has 68 valence electrons. The number of hydrogen-bond acceptors (Lipinski definition) is 2. The Bertz CT molecular complexity index is 76.0. The molecule has 11 heavy (non-hydrogen) atoms. The summed E-state index contributed by atoms with van der Waals surface area (Å²) in [6.45, 7) is 3.13. The van der Waals surface area contributed by atoms with Gasteiger partial charge in [0.2, 0.25) is 0 Å². The van der Waals surface area contributed by atoms with E-state index >= 15 is 0 Å². The van der Waals surface area contributed by atoms with Crippen molar-refractivity contribution < 1.29 is 4.74 Å². The van der Waals surface area contributed by atoms with E-state index in [4.69, 9.17) is 4.74 Å². The number of methoxy groups -OCH3 is 1. The molecule has 0 aliphatic carbocycles. The van der Waals surface area contributed by atoms with Gasteiger partial charge in [0.1, 0.15) is 0 Å². The summed E-state index contributed by atoms with van der Waals surface area (Å²) in [7, 11) is 3.77. The first-order valence-corrected chi connectivity index (χ1v) is 4.47. The van der Waals surface area contributed by atoms with Crippen LogP contribution in [0.25, 0.3) is 0 Å². The minimum absolute atomic E-state index is 0.664. The third-order valence-corrected chi connectivity index (χ3v) is 1.98. The van der Waals surface area contributed by atoms with Crippen LogP contribution in [0, 0.1) is 0 Å². The van der Waals surface area contributed by atoms with Gasteiger partial charge in [-0.25, -0.2) is 0 Å². The Balaban J connectivity index is 2.89. The second-order valence-electron chi connectivity index (χ2n) is 3.03. The van der Waals surface area contributed by atoms with Crippen molar-refractivity contribution in [3.8, 4) is 0 Å². The molecule has 2 heteroatoms. The SMILES string of the molecule is CNC(C)CCCCCOC. The van der Waals surface area contributed by atoms with Gasteiger partial charge in [-0.1, -0.05) is 12.8 Å². The van der Waals surface area contributed by atoms with Crippen LogP contribution in [-0.4, -0.2) is 26.8 Å². The molecule has 0 aromatic carbocycles. The lowest BCUT2D eigenvalue weighted by Crippen LogP contribution is -2.20. The fraction of sp³-hybridized carbons (Fsp3) is 1.00. The zero-order valence-corrected chi connectivity index (χ0v) is 8.02. The van der Waals surface area contributed by atoms with Crippen molar-refractivity contribution >= 4 is 0 Å². The first-order chi connectivity index (χ1) is 5.31. The third kappa shape index (κ3) is 7.82. The third-order valence-electron chi connectivity index (χ3n) is 1.98. The Morgan fingerprint density at radius 3 is 2.55 bits per heavy atom. The van der Waals surface area contributed by atoms with E-state index in [0.29, 0.717) is 6.04 Å². The molecule has 0 aliphatic heterocycles. The van der Waals surface area contributed by atoms with Crippen molar-refractivity contribution in [1.82, 2.24) is 5.32 Å². The topological polar surface area (TPSA) is 21.3 Å². The summed E-state index contributed by atoms with van der Waals surface area (Å²) < 4.78 is 4.96. The first-order valence-electron chi connectivity index (χ1n) is 4.47. The van der Waals surface area contributed by atoms with Crippen LogP contribution in [0.5, 0.6) is 0 Å². The number of rotatable bonds is 7. The van der Waals surface area contributed by atoms with E-state index in [1.165, 1.54) is 25.7 Å². The maximum absolute atomic E-state index is 4.96. The van der Waals surface area contributed by atoms with Gasteiger partial charge < -0.3 is 10.1 Å². The molecule has 0 fully saturated rings. The molecule has 0 spiro atoms. The number of unbranched alkanes of at least 4 members (excludes halogenated alkanes) is 2. The van der Waals surface area contributed by atoms with Gasteiger partial charge in [0.05, 0.1) is 0 Å². The molecule has 1 N–H and O–H groups in total. The normalized spacial score (nSPS) is 13.4. The summed E-state index contributed by atoms with van der Waals surface area (Å²) in [4.78, 5) is 0. The molecule has 0 aromatic rings. The van der Waals surface area contributed by atoms with Crippen molar-refractivity contribution in [2.24, 2.45) is 0 Å². The molecule has 0 aromatic heterocycles. The number of hydrogen-bond donors (Lipinski definition) is 1. The predicted molar refractivity (Wildman–Crippen MR) is 48.9 cm³/mol. The van der Waals surface area contributed by atoms with Gasteiger partial charge in [0, 0.05) is 19.8 Å². The molecule has 0 amide bonds. The predicted octanol–water partition coefficient (Wildman–Crippen LogP) is 1.80. The van der Waals surface area contributed by atoms with Crippen LogP contribution in [0.4, 0.5) is 0 Å². The monoisotopic (exact) mass is 159 g/mol. The maximum Gasteiger partial charge on any atom is 0.0462 e. The quantitative estimate of drug-likeness (QED) is 0.572. The highest BCUT2D eigenvalue weighted by Gasteiger charge is 1.96. The Hall–Kier alpha value is -0.0800. The molecular weight excluding hydrogens is 138 g/mol. The van der Waals surface area contributed by atoms with E-state index in [1.807, 2.05) is 7.05 Å². The van der Waals surface area contributed by atoms with Gasteiger partial charge in [-0.15, -0.1) is 0 Å². The van der Waals surface area contributed by atoms with Crippen LogP contribution in [-0.2, 0) is 4.74 Å². The van der Waals surface area contributed by atoms with E-state index in [-0.39, 0.29) is 0 Å². The first kappa shape index (κ1) is 10.9. The van der Waals surface area contributed by atoms with Gasteiger partial charge in [0.25, 0.3) is 0 Å². The molecule has 0 bridgehead atoms. The highest BCUT2D eigenvalue weighted by molar-refractivity contribution is 4.56. The molecule has 0 aliphatic rings. The minimum Gasteiger partial charge on any atom is -0.385 e. The minimum atomic E-state index is 0.664. The van der Waals surface area contributed by atoms with Crippen molar-refractivity contribution in [3.05, 3.63) is 0 Å². The van der Waals surface area contributed by atoms with Crippen LogP contribution in [0.3, 0.4) is 0 Å². The van der Waals surface area contributed by atoms with Crippen LogP contribution in [0.1, 0.15) is 32.6 Å². The zero-order chi connectivity index (χ0) is 8.53. The smallest absolute Gasteiger partial charge is 0.0462 e. The highest BCUT2D eigenvalue weighted by Crippen LogP contribution is 2.02. The molecule has 0 radical (unpaired) electrons. The van der Waals surface area contributed by atoms with Gasteiger partial charge in [0.15, 0.2) is 0 Å². The fourth-order valence-electron chi connectivity index (χ4n) is 1.02. The molecule has 0 saturated heterocycles. The van der Waals surface area contributed by atoms with E-state index in [9.17, 15) is 0 Å². The Kier molecular flexibility index (Phi) is 7.96. The fourth-order valence-corrected chi connectivity index (χ4v) is 1.02. The van der Waals surface area contributed by atoms with Crippen LogP contribution < -0.4 is 5.32 Å². The average Bonchev–Trinajstić information content (AvgIpc) is 2.04. The van der Waals surface area contributed by atoms with Crippen molar-refractivity contribution in [3.63, 3.8) is 0 Å². The summed E-state index contributed by atoms with van der Waals surface area (Å²) in [6, 6.07) is 0.664. The molecular formula is C9H21NO. The number of nitrogens with one attached hydrogen (secondary N) is 1. The van der Waals surface area contributed by atoms with Crippen molar-refractivity contribution in [2.75, 3.05) is 20.8 Å². The second kappa shape index (κ2) is 8.02. The number of ether oxygens (including phenoxy) is 1. The summed E-state index contributed by atoms with van der Waals surface area (Å²) in [6.07, 6.45) is 5.08.